The number of aryl methyl sites for hydroxylation is 2. The van der Waals surface area contributed by atoms with E-state index in [1.54, 1.807) is 43.8 Å². The van der Waals surface area contributed by atoms with Crippen molar-refractivity contribution in [2.24, 2.45) is 0 Å². The van der Waals surface area contributed by atoms with E-state index >= 15 is 0 Å². The summed E-state index contributed by atoms with van der Waals surface area (Å²) in [7, 11) is 0. The van der Waals surface area contributed by atoms with Crippen LogP contribution in [0.15, 0.2) is 53.6 Å². The lowest BCUT2D eigenvalue weighted by Crippen LogP contribution is -2.42. The summed E-state index contributed by atoms with van der Waals surface area (Å²) in [4.78, 5) is 41.1. The molecule has 0 spiro atoms. The van der Waals surface area contributed by atoms with Gasteiger partial charge in [-0.05, 0) is 58.0 Å². The summed E-state index contributed by atoms with van der Waals surface area (Å²) in [6.07, 6.45) is 3.42. The van der Waals surface area contributed by atoms with Gasteiger partial charge in [0.25, 0.3) is 17.2 Å². The van der Waals surface area contributed by atoms with Crippen LogP contribution in [0.3, 0.4) is 0 Å². The predicted octanol–water partition coefficient (Wildman–Crippen LogP) is 2.35. The summed E-state index contributed by atoms with van der Waals surface area (Å²) >= 11 is 0. The molecule has 0 bridgehead atoms. The Labute approximate surface area is 178 Å². The average molecular weight is 421 g/mol. The number of amides is 2. The largest absolute Gasteiger partial charge is 0.327 e. The normalized spacial score (nSPS) is 14.3. The molecule has 0 saturated heterocycles. The third-order valence-corrected chi connectivity index (χ3v) is 5.22. The molecule has 31 heavy (non-hydrogen) atoms. The first-order valence-corrected chi connectivity index (χ1v) is 9.89. The lowest BCUT2D eigenvalue weighted by atomic mass is 10.1. The van der Waals surface area contributed by atoms with E-state index in [2.05, 4.69) is 5.10 Å². The van der Waals surface area contributed by atoms with Gasteiger partial charge in [0.15, 0.2) is 12.4 Å². The zero-order valence-corrected chi connectivity index (χ0v) is 17.6. The van der Waals surface area contributed by atoms with Crippen molar-refractivity contribution in [3.05, 3.63) is 81.8 Å². The quantitative estimate of drug-likeness (QED) is 0.519. The number of carbonyl (C=O) groups is 2. The zero-order chi connectivity index (χ0) is 22.4. The summed E-state index contributed by atoms with van der Waals surface area (Å²) in [5.74, 6) is -1.40. The van der Waals surface area contributed by atoms with Crippen molar-refractivity contribution < 1.29 is 18.5 Å². The molecule has 0 aliphatic carbocycles. The minimum Gasteiger partial charge on any atom is -0.295 e. The van der Waals surface area contributed by atoms with E-state index in [1.165, 1.54) is 28.9 Å². The Morgan fingerprint density at radius 2 is 1.68 bits per heavy atom. The Kier molecular flexibility index (Phi) is 4.93. The minimum atomic E-state index is -0.519. The van der Waals surface area contributed by atoms with Crippen LogP contribution in [0.25, 0.3) is 17.0 Å². The highest BCUT2D eigenvalue weighted by molar-refractivity contribution is 6.44. The number of benzene rings is 1. The molecule has 1 aliphatic rings. The van der Waals surface area contributed by atoms with Crippen molar-refractivity contribution in [1.82, 2.24) is 14.7 Å². The second-order valence-electron chi connectivity index (χ2n) is 7.82. The van der Waals surface area contributed by atoms with E-state index in [0.717, 1.165) is 10.5 Å². The standard InChI is InChI=1S/C23H21FN4O3/c1-13(2)27-21(29)19(20(23(27)31)26-11-5-6-14(3)12-26)18-15(4)25-28(22(18)30)17-9-7-16(24)8-10-17/h5-13H,1-4H3/p+1. The second-order valence-corrected chi connectivity index (χ2v) is 7.82. The highest BCUT2D eigenvalue weighted by Crippen LogP contribution is 2.31. The third kappa shape index (κ3) is 3.30. The molecule has 158 valence electrons. The Bertz CT molecular complexity index is 1300. The van der Waals surface area contributed by atoms with Crippen LogP contribution in [0.2, 0.25) is 0 Å². The zero-order valence-electron chi connectivity index (χ0n) is 17.6. The van der Waals surface area contributed by atoms with Crippen molar-refractivity contribution >= 4 is 23.1 Å². The summed E-state index contributed by atoms with van der Waals surface area (Å²) in [5, 5.41) is 2.94. The van der Waals surface area contributed by atoms with Crippen molar-refractivity contribution in [1.29, 1.82) is 0 Å². The monoisotopic (exact) mass is 421 g/mol. The van der Waals surface area contributed by atoms with Crippen molar-refractivity contribution in [3.8, 4) is 5.69 Å². The molecular weight excluding hydrogens is 399 g/mol. The highest BCUT2D eigenvalue weighted by Gasteiger charge is 2.48. The molecule has 3 aromatic rings. The minimum absolute atomic E-state index is 0.0499. The molecule has 0 radical (unpaired) electrons. The molecule has 8 heteroatoms. The van der Waals surface area contributed by atoms with Crippen LogP contribution in [-0.4, -0.2) is 32.5 Å². The number of carbonyl (C=O) groups excluding carboxylic acids is 2. The van der Waals surface area contributed by atoms with Gasteiger partial charge < -0.3 is 0 Å². The van der Waals surface area contributed by atoms with Crippen LogP contribution < -0.4 is 10.1 Å². The first-order valence-electron chi connectivity index (χ1n) is 9.89. The number of halogens is 1. The van der Waals surface area contributed by atoms with E-state index in [1.807, 2.05) is 13.0 Å². The first-order chi connectivity index (χ1) is 14.7. The molecule has 1 N–H and O–H groups in total. The smallest absolute Gasteiger partial charge is 0.295 e. The number of hydrogen-bond donors (Lipinski definition) is 1. The van der Waals surface area contributed by atoms with E-state index < -0.39 is 23.2 Å². The fourth-order valence-corrected chi connectivity index (χ4v) is 3.81. The van der Waals surface area contributed by atoms with Gasteiger partial charge in [-0.25, -0.2) is 9.07 Å². The molecule has 0 unspecified atom stereocenters. The van der Waals surface area contributed by atoms with Gasteiger partial charge in [0.05, 0.1) is 11.3 Å². The van der Waals surface area contributed by atoms with Gasteiger partial charge in [-0.15, -0.1) is 0 Å². The van der Waals surface area contributed by atoms with Crippen LogP contribution >= 0.6 is 0 Å². The molecular formula is C23H22FN4O3+. The van der Waals surface area contributed by atoms with Crippen LogP contribution in [0.5, 0.6) is 0 Å². The number of nitrogens with one attached hydrogen (secondary N) is 1. The van der Waals surface area contributed by atoms with Crippen LogP contribution in [0.1, 0.15) is 30.7 Å². The highest BCUT2D eigenvalue weighted by atomic mass is 19.1. The van der Waals surface area contributed by atoms with Crippen LogP contribution in [0, 0.1) is 19.7 Å². The Hall–Kier alpha value is -3.81. The average Bonchev–Trinajstić information content (AvgIpc) is 3.14. The maximum Gasteiger partial charge on any atom is 0.327 e. The Balaban J connectivity index is 1.99. The summed E-state index contributed by atoms with van der Waals surface area (Å²) in [6, 6.07) is 8.69. The number of pyridine rings is 1. The van der Waals surface area contributed by atoms with Crippen LogP contribution in [0.4, 0.5) is 4.39 Å². The number of H-pyrrole nitrogens is 1. The summed E-state index contributed by atoms with van der Waals surface area (Å²) in [5.41, 5.74) is 1.56. The van der Waals surface area contributed by atoms with E-state index in [-0.39, 0.29) is 22.9 Å². The van der Waals surface area contributed by atoms with Gasteiger partial charge in [-0.1, -0.05) is 0 Å². The van der Waals surface area contributed by atoms with Gasteiger partial charge in [-0.2, -0.15) is 4.57 Å². The fraction of sp³-hybridized carbons (Fsp3) is 0.217. The Morgan fingerprint density at radius 3 is 2.29 bits per heavy atom. The van der Waals surface area contributed by atoms with Crippen LogP contribution in [-0.2, 0) is 9.59 Å². The summed E-state index contributed by atoms with van der Waals surface area (Å²) in [6.45, 7) is 7.04. The lowest BCUT2D eigenvalue weighted by molar-refractivity contribution is -0.577. The lowest BCUT2D eigenvalue weighted by Gasteiger charge is -2.17. The molecule has 7 nitrogen and oxygen atoms in total. The van der Waals surface area contributed by atoms with Crippen molar-refractivity contribution in [2.45, 2.75) is 33.7 Å². The van der Waals surface area contributed by atoms with E-state index in [9.17, 15) is 18.8 Å². The topological polar surface area (TPSA) is 79.1 Å². The number of hydrogen-bond acceptors (Lipinski definition) is 3. The number of imide groups is 1. The van der Waals surface area contributed by atoms with Gasteiger partial charge in [0, 0.05) is 23.4 Å². The molecule has 0 fully saturated rings. The third-order valence-electron chi connectivity index (χ3n) is 5.22. The van der Waals surface area contributed by atoms with Gasteiger partial charge >= 0.3 is 5.91 Å². The number of aromatic nitrogens is 3. The van der Waals surface area contributed by atoms with E-state index in [4.69, 9.17) is 0 Å². The second kappa shape index (κ2) is 7.46. The fourth-order valence-electron chi connectivity index (χ4n) is 3.81. The maximum atomic E-state index is 13.3. The molecule has 1 aliphatic heterocycles. The molecule has 4 rings (SSSR count). The summed E-state index contributed by atoms with van der Waals surface area (Å²) < 4.78 is 16.1. The number of rotatable bonds is 4. The molecule has 2 amide bonds. The molecule has 2 aromatic heterocycles. The van der Waals surface area contributed by atoms with Gasteiger partial charge in [0.1, 0.15) is 11.4 Å². The van der Waals surface area contributed by atoms with Crippen molar-refractivity contribution in [2.75, 3.05) is 0 Å². The Morgan fingerprint density at radius 1 is 1.00 bits per heavy atom. The first kappa shape index (κ1) is 20.5. The SMILES string of the molecule is Cc1ccc[n+](C2=C(c3c(C)[nH]n(-c4ccc(F)cc4)c3=O)C(=O)N(C(C)C)C2=O)c1. The molecule has 0 saturated carbocycles. The van der Waals surface area contributed by atoms with Gasteiger partial charge in [0.2, 0.25) is 0 Å². The predicted molar refractivity (Wildman–Crippen MR) is 113 cm³/mol. The molecule has 1 aromatic carbocycles. The van der Waals surface area contributed by atoms with Gasteiger partial charge in [-0.3, -0.25) is 24.4 Å². The number of nitrogens with zero attached hydrogens (tertiary/aromatic N) is 3. The number of aromatic amines is 1. The van der Waals surface area contributed by atoms with Crippen molar-refractivity contribution in [3.63, 3.8) is 0 Å². The molecule has 0 atom stereocenters. The maximum absolute atomic E-state index is 13.3. The molecule has 3 heterocycles. The van der Waals surface area contributed by atoms with E-state index in [0.29, 0.717) is 11.4 Å².